The van der Waals surface area contributed by atoms with E-state index in [1.165, 1.54) is 18.2 Å². The van der Waals surface area contributed by atoms with Crippen molar-refractivity contribution in [1.82, 2.24) is 10.3 Å². The number of H-pyrrole nitrogens is 1. The van der Waals surface area contributed by atoms with Crippen molar-refractivity contribution >= 4 is 17.4 Å². The summed E-state index contributed by atoms with van der Waals surface area (Å²) in [5.41, 5.74) is 5.45. The molecule has 0 spiro atoms. The minimum atomic E-state index is -2.21. The summed E-state index contributed by atoms with van der Waals surface area (Å²) in [6.45, 7) is 4.33. The Morgan fingerprint density at radius 2 is 1.88 bits per heavy atom. The van der Waals surface area contributed by atoms with Gasteiger partial charge in [-0.15, -0.1) is 0 Å². The van der Waals surface area contributed by atoms with E-state index < -0.39 is 28.6 Å². The summed E-state index contributed by atoms with van der Waals surface area (Å²) >= 11 is 0. The number of nitrogens with one attached hydrogen (secondary N) is 2. The number of aliphatic hydroxyl groups is 1. The fourth-order valence-electron chi connectivity index (χ4n) is 5.52. The predicted octanol–water partition coefficient (Wildman–Crippen LogP) is 2.31. The molecule has 1 saturated carbocycles. The predicted molar refractivity (Wildman–Crippen MR) is 123 cm³/mol. The van der Waals surface area contributed by atoms with Crippen molar-refractivity contribution < 1.29 is 19.4 Å². The van der Waals surface area contributed by atoms with Gasteiger partial charge in [0.05, 0.1) is 5.56 Å². The minimum absolute atomic E-state index is 0.00894. The van der Waals surface area contributed by atoms with Gasteiger partial charge < -0.3 is 25.9 Å². The van der Waals surface area contributed by atoms with Gasteiger partial charge in [-0.1, -0.05) is 44.2 Å². The number of pyridine rings is 1. The molecule has 8 heteroatoms. The van der Waals surface area contributed by atoms with Gasteiger partial charge in [0.25, 0.3) is 11.7 Å². The van der Waals surface area contributed by atoms with Gasteiger partial charge >= 0.3 is 0 Å². The Morgan fingerprint density at radius 1 is 1.15 bits per heavy atom. The molecule has 3 aromatic rings. The van der Waals surface area contributed by atoms with Crippen molar-refractivity contribution in [3.63, 3.8) is 0 Å². The summed E-state index contributed by atoms with van der Waals surface area (Å²) in [5.74, 6) is -2.70. The van der Waals surface area contributed by atoms with E-state index >= 15 is 0 Å². The molecule has 1 amide bonds. The highest BCUT2D eigenvalue weighted by Crippen LogP contribution is 2.61. The zero-order valence-corrected chi connectivity index (χ0v) is 18.6. The zero-order chi connectivity index (χ0) is 24.0. The summed E-state index contributed by atoms with van der Waals surface area (Å²) in [5, 5.41) is 14.7. The molecule has 0 unspecified atom stereocenters. The lowest BCUT2D eigenvalue weighted by atomic mass is 9.81. The Labute approximate surface area is 194 Å². The highest BCUT2D eigenvalue weighted by Gasteiger charge is 2.72. The van der Waals surface area contributed by atoms with Crippen LogP contribution in [-0.4, -0.2) is 21.8 Å². The van der Waals surface area contributed by atoms with Crippen LogP contribution in [0.5, 0.6) is 5.75 Å². The summed E-state index contributed by atoms with van der Waals surface area (Å²) in [6.07, 6.45) is 1.03. The third-order valence-corrected chi connectivity index (χ3v) is 7.81. The van der Waals surface area contributed by atoms with Crippen LogP contribution < -0.4 is 21.3 Å². The molecule has 3 aliphatic rings. The molecule has 6 rings (SSSR count). The van der Waals surface area contributed by atoms with Gasteiger partial charge in [-0.25, -0.2) is 0 Å². The van der Waals surface area contributed by atoms with E-state index in [4.69, 9.17) is 10.5 Å². The molecule has 5 N–H and O–H groups in total. The highest BCUT2D eigenvalue weighted by molar-refractivity contribution is 6.15. The van der Waals surface area contributed by atoms with Crippen LogP contribution in [0.25, 0.3) is 0 Å². The number of ketones is 1. The standard InChI is InChI=1S/C26H23N3O5/c1-13-12-24(13,2)14-9-10-15-19(11-14)34-26(33)16-5-3-6-17(27)21(16)22(31)25(15,26)29-23(32)18-7-4-8-20(30)28-18/h3-11,13,33H,12,27H2,1-2H3,(H,28,30)(H,29,32)/t13-,24+,25+,26+/m0/s1. The number of carbonyl (C=O) groups excluding carboxylic acids is 2. The number of Topliss-reactive ketones (excluding diaryl/α,β-unsaturated/α-hetero) is 1. The van der Waals surface area contributed by atoms with E-state index in [2.05, 4.69) is 24.1 Å². The number of aromatic amines is 1. The van der Waals surface area contributed by atoms with Gasteiger partial charge in [-0.2, -0.15) is 0 Å². The van der Waals surface area contributed by atoms with Crippen LogP contribution in [0.1, 0.15) is 57.8 Å². The van der Waals surface area contributed by atoms with E-state index in [1.54, 1.807) is 24.3 Å². The quantitative estimate of drug-likeness (QED) is 0.446. The topological polar surface area (TPSA) is 135 Å². The lowest BCUT2D eigenvalue weighted by molar-refractivity contribution is -0.169. The lowest BCUT2D eigenvalue weighted by Gasteiger charge is -2.34. The molecule has 4 atom stereocenters. The van der Waals surface area contributed by atoms with Crippen LogP contribution >= 0.6 is 0 Å². The molecule has 2 aromatic carbocycles. The number of rotatable bonds is 3. The van der Waals surface area contributed by atoms with Gasteiger partial charge in [-0.05, 0) is 41.5 Å². The maximum atomic E-state index is 14.0. The van der Waals surface area contributed by atoms with Crippen LogP contribution in [0.4, 0.5) is 5.69 Å². The van der Waals surface area contributed by atoms with Crippen molar-refractivity contribution in [2.24, 2.45) is 5.92 Å². The Balaban J connectivity index is 1.55. The third kappa shape index (κ3) is 2.38. The number of aromatic nitrogens is 1. The summed E-state index contributed by atoms with van der Waals surface area (Å²) in [6, 6.07) is 14.4. The first-order chi connectivity index (χ1) is 16.1. The number of amides is 1. The van der Waals surface area contributed by atoms with E-state index in [1.807, 2.05) is 12.1 Å². The van der Waals surface area contributed by atoms with Gasteiger partial charge in [-0.3, -0.25) is 14.4 Å². The Hall–Kier alpha value is -3.91. The minimum Gasteiger partial charge on any atom is -0.454 e. The maximum absolute atomic E-state index is 14.0. The van der Waals surface area contributed by atoms with E-state index in [0.29, 0.717) is 17.2 Å². The molecule has 34 heavy (non-hydrogen) atoms. The van der Waals surface area contributed by atoms with Crippen LogP contribution in [0.15, 0.2) is 59.4 Å². The summed E-state index contributed by atoms with van der Waals surface area (Å²) < 4.78 is 6.13. The average molecular weight is 457 g/mol. The molecule has 2 heterocycles. The molecule has 172 valence electrons. The average Bonchev–Trinajstić information content (AvgIpc) is 3.27. The van der Waals surface area contributed by atoms with Crippen molar-refractivity contribution in [1.29, 1.82) is 0 Å². The smallest absolute Gasteiger partial charge is 0.271 e. The van der Waals surface area contributed by atoms with Crippen molar-refractivity contribution in [2.45, 2.75) is 37.0 Å². The van der Waals surface area contributed by atoms with Crippen LogP contribution in [0.2, 0.25) is 0 Å². The second-order valence-corrected chi connectivity index (χ2v) is 9.71. The molecule has 0 bridgehead atoms. The van der Waals surface area contributed by atoms with Gasteiger partial charge in [0.1, 0.15) is 11.4 Å². The Kier molecular flexibility index (Phi) is 3.87. The molecule has 1 aliphatic heterocycles. The number of nitrogens with two attached hydrogens (primary N) is 1. The fraction of sp³-hybridized carbons (Fsp3) is 0.269. The van der Waals surface area contributed by atoms with Gasteiger partial charge in [0, 0.05) is 22.9 Å². The summed E-state index contributed by atoms with van der Waals surface area (Å²) in [7, 11) is 0. The monoisotopic (exact) mass is 457 g/mol. The van der Waals surface area contributed by atoms with Gasteiger partial charge in [0.15, 0.2) is 0 Å². The number of benzene rings is 2. The normalized spacial score (nSPS) is 30.2. The van der Waals surface area contributed by atoms with Gasteiger partial charge in [0.2, 0.25) is 16.9 Å². The summed E-state index contributed by atoms with van der Waals surface area (Å²) in [4.78, 5) is 41.5. The molecular weight excluding hydrogens is 434 g/mol. The lowest BCUT2D eigenvalue weighted by Crippen LogP contribution is -2.60. The van der Waals surface area contributed by atoms with E-state index in [0.717, 1.165) is 12.0 Å². The molecule has 2 aliphatic carbocycles. The Morgan fingerprint density at radius 3 is 2.59 bits per heavy atom. The number of anilines is 1. The van der Waals surface area contributed by atoms with Crippen LogP contribution in [0, 0.1) is 5.92 Å². The molecular formula is C26H23N3O5. The maximum Gasteiger partial charge on any atom is 0.271 e. The number of carbonyl (C=O) groups is 2. The second kappa shape index (κ2) is 6.36. The first kappa shape index (κ1) is 20.7. The van der Waals surface area contributed by atoms with Crippen molar-refractivity contribution in [3.8, 4) is 5.75 Å². The number of fused-ring (bicyclic) bond motifs is 5. The molecule has 8 nitrogen and oxygen atoms in total. The molecule has 0 radical (unpaired) electrons. The SMILES string of the molecule is C[C@H]1C[C@@]1(C)c1ccc2c(c1)O[C@]1(O)c3cccc(N)c3C(=O)[C@]21NC(=O)c1cccc(=O)[nH]1. The number of hydrogen-bond donors (Lipinski definition) is 4. The van der Waals surface area contributed by atoms with Crippen molar-refractivity contribution in [3.05, 3.63) is 92.9 Å². The first-order valence-corrected chi connectivity index (χ1v) is 11.1. The second-order valence-electron chi connectivity index (χ2n) is 9.71. The zero-order valence-electron chi connectivity index (χ0n) is 18.6. The number of nitrogen functional groups attached to an aromatic ring is 1. The molecule has 1 aromatic heterocycles. The van der Waals surface area contributed by atoms with E-state index in [9.17, 15) is 19.5 Å². The molecule has 1 fully saturated rings. The van der Waals surface area contributed by atoms with Crippen LogP contribution in [-0.2, 0) is 16.7 Å². The molecule has 0 saturated heterocycles. The Bertz CT molecular complexity index is 1480. The van der Waals surface area contributed by atoms with Crippen LogP contribution in [0.3, 0.4) is 0 Å². The van der Waals surface area contributed by atoms with E-state index in [-0.39, 0.29) is 27.9 Å². The largest absolute Gasteiger partial charge is 0.454 e. The van der Waals surface area contributed by atoms with Crippen molar-refractivity contribution in [2.75, 3.05) is 5.73 Å². The number of hydrogen-bond acceptors (Lipinski definition) is 6. The first-order valence-electron chi connectivity index (χ1n) is 11.1. The highest BCUT2D eigenvalue weighted by atomic mass is 16.6. The third-order valence-electron chi connectivity index (χ3n) is 7.81. The fourth-order valence-corrected chi connectivity index (χ4v) is 5.52. The number of ether oxygens (including phenoxy) is 1.